The van der Waals surface area contributed by atoms with Gasteiger partial charge in [-0.05, 0) is 43.5 Å². The van der Waals surface area contributed by atoms with Gasteiger partial charge in [-0.2, -0.15) is 0 Å². The smallest absolute Gasteiger partial charge is 0.263 e. The SMILES string of the molecule is CCc1ccc(NC(=O)[C@@H](C)n2cnc3sc(C)c(-c4ccccc4)c3c2=O)cc1. The first kappa shape index (κ1) is 20.0. The first-order chi connectivity index (χ1) is 14.5. The Morgan fingerprint density at radius 2 is 1.83 bits per heavy atom. The highest BCUT2D eigenvalue weighted by Crippen LogP contribution is 2.35. The molecule has 0 radical (unpaired) electrons. The molecule has 2 aromatic heterocycles. The fraction of sp³-hybridized carbons (Fsp3) is 0.208. The Morgan fingerprint density at radius 1 is 1.13 bits per heavy atom. The number of rotatable bonds is 5. The van der Waals surface area contributed by atoms with E-state index in [1.165, 1.54) is 27.8 Å². The number of benzene rings is 2. The van der Waals surface area contributed by atoms with Crippen molar-refractivity contribution in [2.24, 2.45) is 0 Å². The van der Waals surface area contributed by atoms with Gasteiger partial charge in [0.05, 0.1) is 11.7 Å². The molecular weight excluding hydrogens is 394 g/mol. The second kappa shape index (κ2) is 8.24. The number of nitrogens with zero attached hydrogens (tertiary/aromatic N) is 2. The normalized spacial score (nSPS) is 12.1. The predicted molar refractivity (Wildman–Crippen MR) is 123 cm³/mol. The van der Waals surface area contributed by atoms with Crippen LogP contribution in [0.4, 0.5) is 5.69 Å². The number of carbonyl (C=O) groups excluding carboxylic acids is 1. The minimum Gasteiger partial charge on any atom is -0.324 e. The van der Waals surface area contributed by atoms with Gasteiger partial charge in [0.25, 0.3) is 5.56 Å². The number of thiophene rings is 1. The van der Waals surface area contributed by atoms with Crippen LogP contribution in [0, 0.1) is 6.92 Å². The lowest BCUT2D eigenvalue weighted by molar-refractivity contribution is -0.118. The Bertz CT molecular complexity index is 1260. The van der Waals surface area contributed by atoms with Gasteiger partial charge in [-0.1, -0.05) is 49.4 Å². The van der Waals surface area contributed by atoms with Gasteiger partial charge in [0.2, 0.25) is 5.91 Å². The minimum absolute atomic E-state index is 0.202. The van der Waals surface area contributed by atoms with E-state index < -0.39 is 6.04 Å². The number of hydrogen-bond donors (Lipinski definition) is 1. The molecular formula is C24H23N3O2S. The van der Waals surface area contributed by atoms with Gasteiger partial charge in [-0.15, -0.1) is 11.3 Å². The average molecular weight is 418 g/mol. The fourth-order valence-corrected chi connectivity index (χ4v) is 4.54. The number of carbonyl (C=O) groups is 1. The third-order valence-corrected chi connectivity index (χ3v) is 6.32. The summed E-state index contributed by atoms with van der Waals surface area (Å²) in [5.41, 5.74) is 3.58. The van der Waals surface area contributed by atoms with Crippen LogP contribution in [0.3, 0.4) is 0 Å². The second-order valence-corrected chi connectivity index (χ2v) is 8.46. The molecule has 2 heterocycles. The molecule has 0 saturated carbocycles. The summed E-state index contributed by atoms with van der Waals surface area (Å²) in [6, 6.07) is 16.9. The van der Waals surface area contributed by atoms with Crippen molar-refractivity contribution in [1.29, 1.82) is 0 Å². The van der Waals surface area contributed by atoms with E-state index in [-0.39, 0.29) is 11.5 Å². The van der Waals surface area contributed by atoms with Crippen molar-refractivity contribution in [3.05, 3.63) is 81.7 Å². The molecule has 0 aliphatic heterocycles. The topological polar surface area (TPSA) is 64.0 Å². The van der Waals surface area contributed by atoms with Crippen LogP contribution < -0.4 is 10.9 Å². The Hall–Kier alpha value is -3.25. The van der Waals surface area contributed by atoms with Gasteiger partial charge in [0.1, 0.15) is 10.9 Å². The van der Waals surface area contributed by atoms with Crippen LogP contribution in [-0.2, 0) is 11.2 Å². The Kier molecular flexibility index (Phi) is 5.50. The van der Waals surface area contributed by atoms with Crippen molar-refractivity contribution >= 4 is 33.1 Å². The molecule has 1 atom stereocenters. The van der Waals surface area contributed by atoms with E-state index in [1.54, 1.807) is 6.92 Å². The average Bonchev–Trinajstić information content (AvgIpc) is 3.11. The maximum atomic E-state index is 13.4. The molecule has 0 aliphatic carbocycles. The number of anilines is 1. The summed E-state index contributed by atoms with van der Waals surface area (Å²) < 4.78 is 1.41. The summed E-state index contributed by atoms with van der Waals surface area (Å²) in [7, 11) is 0. The molecule has 6 heteroatoms. The quantitative estimate of drug-likeness (QED) is 0.486. The molecule has 1 amide bonds. The Morgan fingerprint density at radius 3 is 2.50 bits per heavy atom. The molecule has 0 aliphatic rings. The molecule has 0 unspecified atom stereocenters. The Balaban J connectivity index is 1.71. The first-order valence-corrected chi connectivity index (χ1v) is 10.8. The van der Waals surface area contributed by atoms with Crippen molar-refractivity contribution in [3.8, 4) is 11.1 Å². The van der Waals surface area contributed by atoms with Crippen LogP contribution >= 0.6 is 11.3 Å². The van der Waals surface area contributed by atoms with Crippen LogP contribution in [0.1, 0.15) is 30.3 Å². The number of hydrogen-bond acceptors (Lipinski definition) is 4. The summed E-state index contributed by atoms with van der Waals surface area (Å²) in [5.74, 6) is -0.254. The monoisotopic (exact) mass is 417 g/mol. The third kappa shape index (κ3) is 3.66. The highest BCUT2D eigenvalue weighted by Gasteiger charge is 2.21. The molecule has 5 nitrogen and oxygen atoms in total. The summed E-state index contributed by atoms with van der Waals surface area (Å²) in [5, 5.41) is 3.46. The molecule has 4 aromatic rings. The molecule has 0 bridgehead atoms. The van der Waals surface area contributed by atoms with Gasteiger partial charge in [-0.25, -0.2) is 4.98 Å². The highest BCUT2D eigenvalue weighted by molar-refractivity contribution is 7.19. The lowest BCUT2D eigenvalue weighted by atomic mass is 10.0. The van der Waals surface area contributed by atoms with Crippen LogP contribution in [-0.4, -0.2) is 15.5 Å². The highest BCUT2D eigenvalue weighted by atomic mass is 32.1. The second-order valence-electron chi connectivity index (χ2n) is 7.25. The zero-order valence-corrected chi connectivity index (χ0v) is 18.0. The van der Waals surface area contributed by atoms with Crippen molar-refractivity contribution in [1.82, 2.24) is 9.55 Å². The molecule has 0 saturated heterocycles. The number of amides is 1. The lowest BCUT2D eigenvalue weighted by Gasteiger charge is -2.15. The van der Waals surface area contributed by atoms with E-state index >= 15 is 0 Å². The van der Waals surface area contributed by atoms with Crippen molar-refractivity contribution in [2.45, 2.75) is 33.2 Å². The Labute approximate surface area is 179 Å². The van der Waals surface area contributed by atoms with E-state index in [1.807, 2.05) is 61.5 Å². The molecule has 152 valence electrons. The number of nitrogens with one attached hydrogen (secondary N) is 1. The van der Waals surface area contributed by atoms with Crippen LogP contribution in [0.2, 0.25) is 0 Å². The maximum Gasteiger partial charge on any atom is 0.263 e. The molecule has 1 N–H and O–H groups in total. The van der Waals surface area contributed by atoms with Gasteiger partial charge in [-0.3, -0.25) is 14.2 Å². The maximum absolute atomic E-state index is 13.4. The first-order valence-electron chi connectivity index (χ1n) is 9.95. The predicted octanol–water partition coefficient (Wildman–Crippen LogP) is 5.20. The van der Waals surface area contributed by atoms with Gasteiger partial charge < -0.3 is 5.32 Å². The van der Waals surface area contributed by atoms with Crippen LogP contribution in [0.5, 0.6) is 0 Å². The number of aromatic nitrogens is 2. The van der Waals surface area contributed by atoms with Crippen LogP contribution in [0.25, 0.3) is 21.3 Å². The molecule has 2 aromatic carbocycles. The molecule has 4 rings (SSSR count). The van der Waals surface area contributed by atoms with Crippen molar-refractivity contribution in [2.75, 3.05) is 5.32 Å². The summed E-state index contributed by atoms with van der Waals surface area (Å²) in [4.78, 5) is 32.4. The standard InChI is InChI=1S/C24H23N3O2S/c1-4-17-10-12-19(13-11-17)26-22(28)15(2)27-14-25-23-21(24(27)29)20(16(3)30-23)18-8-6-5-7-9-18/h5-15H,4H2,1-3H3,(H,26,28)/t15-/m1/s1. The van der Waals surface area contributed by atoms with Gasteiger partial charge >= 0.3 is 0 Å². The van der Waals surface area contributed by atoms with E-state index in [0.29, 0.717) is 15.9 Å². The van der Waals surface area contributed by atoms with E-state index in [9.17, 15) is 9.59 Å². The summed E-state index contributed by atoms with van der Waals surface area (Å²) in [6.07, 6.45) is 2.41. The third-order valence-electron chi connectivity index (χ3n) is 5.30. The zero-order chi connectivity index (χ0) is 21.3. The van der Waals surface area contributed by atoms with E-state index in [0.717, 1.165) is 22.4 Å². The number of aryl methyl sites for hydroxylation is 2. The van der Waals surface area contributed by atoms with Crippen molar-refractivity contribution < 1.29 is 4.79 Å². The zero-order valence-electron chi connectivity index (χ0n) is 17.2. The number of fused-ring (bicyclic) bond motifs is 1. The van der Waals surface area contributed by atoms with E-state index in [2.05, 4.69) is 17.2 Å². The minimum atomic E-state index is -0.691. The van der Waals surface area contributed by atoms with Crippen LogP contribution in [0.15, 0.2) is 65.7 Å². The van der Waals surface area contributed by atoms with Gasteiger partial charge in [0, 0.05) is 16.1 Å². The summed E-state index contributed by atoms with van der Waals surface area (Å²) in [6.45, 7) is 5.79. The molecule has 0 fully saturated rings. The van der Waals surface area contributed by atoms with Crippen molar-refractivity contribution in [3.63, 3.8) is 0 Å². The lowest BCUT2D eigenvalue weighted by Crippen LogP contribution is -2.31. The van der Waals surface area contributed by atoms with Gasteiger partial charge in [0.15, 0.2) is 0 Å². The molecule has 30 heavy (non-hydrogen) atoms. The summed E-state index contributed by atoms with van der Waals surface area (Å²) >= 11 is 1.50. The fourth-order valence-electron chi connectivity index (χ4n) is 3.54. The largest absolute Gasteiger partial charge is 0.324 e. The van der Waals surface area contributed by atoms with E-state index in [4.69, 9.17) is 0 Å². The molecule has 0 spiro atoms.